The van der Waals surface area contributed by atoms with Crippen molar-refractivity contribution in [1.82, 2.24) is 5.32 Å². The molecule has 2 aromatic rings. The highest BCUT2D eigenvalue weighted by Gasteiger charge is 2.27. The maximum atomic E-state index is 12.3. The smallest absolute Gasteiger partial charge is 0.260 e. The highest BCUT2D eigenvalue weighted by Crippen LogP contribution is 2.30. The molecule has 1 aliphatic rings. The molecule has 1 heterocycles. The van der Waals surface area contributed by atoms with Crippen molar-refractivity contribution < 1.29 is 9.53 Å². The first-order valence-electron chi connectivity index (χ1n) is 9.31. The average molecular weight is 383 g/mol. The number of benzene rings is 2. The summed E-state index contributed by atoms with van der Waals surface area (Å²) in [6.07, 6.45) is 2.93. The van der Waals surface area contributed by atoms with Crippen LogP contribution in [-0.2, 0) is 11.2 Å². The molecule has 0 radical (unpaired) electrons. The Labute approximate surface area is 165 Å². The zero-order valence-corrected chi connectivity index (χ0v) is 16.8. The highest BCUT2D eigenvalue weighted by atomic mass is 32.2. The summed E-state index contributed by atoms with van der Waals surface area (Å²) in [6.45, 7) is 7.08. The quantitative estimate of drug-likeness (QED) is 0.670. The lowest BCUT2D eigenvalue weighted by Crippen LogP contribution is -2.30. The lowest BCUT2D eigenvalue weighted by Gasteiger charge is -2.12. The lowest BCUT2D eigenvalue weighted by molar-refractivity contribution is -0.116. The molecule has 27 heavy (non-hydrogen) atoms. The van der Waals surface area contributed by atoms with Gasteiger partial charge in [0.25, 0.3) is 5.91 Å². The predicted octanol–water partition coefficient (Wildman–Crippen LogP) is 4.88. The number of aryl methyl sites for hydroxylation is 1. The maximum absolute atomic E-state index is 12.3. The molecule has 0 unspecified atom stereocenters. The summed E-state index contributed by atoms with van der Waals surface area (Å²) in [5, 5.41) is 6.31. The summed E-state index contributed by atoms with van der Waals surface area (Å²) >= 11 is 1.49. The normalized spacial score (nSPS) is 18.0. The Morgan fingerprint density at radius 1 is 1.15 bits per heavy atom. The minimum Gasteiger partial charge on any atom is -0.493 e. The number of anilines is 1. The molecule has 2 N–H and O–H groups in total. The monoisotopic (exact) mass is 382 g/mol. The summed E-state index contributed by atoms with van der Waals surface area (Å²) in [6, 6.07) is 16.1. The fraction of sp³-hybridized carbons (Fsp3) is 0.318. The van der Waals surface area contributed by atoms with E-state index in [1.54, 1.807) is 0 Å². The standard InChI is InChI=1S/C22H26N2O2S/c1-4-16-5-9-18(10-6-16)23-22-24-21(25)20(27-22)13-17-7-11-19(12-8-17)26-14-15(2)3/h5-13,15,22-23H,4,14H2,1-3H3,(H,24,25)/b20-13-/t22-/m1/s1. The Balaban J connectivity index is 1.60. The molecular weight excluding hydrogens is 356 g/mol. The van der Waals surface area contributed by atoms with Crippen LogP contribution in [0.1, 0.15) is 31.9 Å². The van der Waals surface area contributed by atoms with E-state index >= 15 is 0 Å². The van der Waals surface area contributed by atoms with Crippen LogP contribution in [0.2, 0.25) is 0 Å². The second-order valence-corrected chi connectivity index (χ2v) is 8.10. The predicted molar refractivity (Wildman–Crippen MR) is 114 cm³/mol. The van der Waals surface area contributed by atoms with E-state index in [9.17, 15) is 4.79 Å². The lowest BCUT2D eigenvalue weighted by atomic mass is 10.1. The fourth-order valence-electron chi connectivity index (χ4n) is 2.63. The van der Waals surface area contributed by atoms with Gasteiger partial charge in [-0.1, -0.05) is 56.8 Å². The number of hydrogen-bond acceptors (Lipinski definition) is 4. The van der Waals surface area contributed by atoms with E-state index < -0.39 is 0 Å². The zero-order valence-electron chi connectivity index (χ0n) is 16.0. The number of carbonyl (C=O) groups is 1. The SMILES string of the molecule is CCc1ccc(N[C@@H]2NC(=O)/C(=C/c3ccc(OCC(C)C)cc3)S2)cc1. The van der Waals surface area contributed by atoms with Gasteiger partial charge in [0, 0.05) is 5.69 Å². The van der Waals surface area contributed by atoms with Gasteiger partial charge in [-0.15, -0.1) is 0 Å². The Morgan fingerprint density at radius 3 is 2.48 bits per heavy atom. The summed E-state index contributed by atoms with van der Waals surface area (Å²) < 4.78 is 5.70. The molecule has 0 aliphatic carbocycles. The molecular formula is C22H26N2O2S. The van der Waals surface area contributed by atoms with Gasteiger partial charge in [-0.25, -0.2) is 0 Å². The molecule has 1 fully saturated rings. The second kappa shape index (κ2) is 9.00. The number of carbonyl (C=O) groups excluding carboxylic acids is 1. The second-order valence-electron chi connectivity index (χ2n) is 6.95. The van der Waals surface area contributed by atoms with Crippen molar-refractivity contribution >= 4 is 29.4 Å². The van der Waals surface area contributed by atoms with Crippen molar-refractivity contribution in [3.05, 3.63) is 64.6 Å². The van der Waals surface area contributed by atoms with Crippen molar-refractivity contribution in [2.24, 2.45) is 5.92 Å². The van der Waals surface area contributed by atoms with Crippen molar-refractivity contribution in [3.63, 3.8) is 0 Å². The Kier molecular flexibility index (Phi) is 6.45. The van der Waals surface area contributed by atoms with E-state index in [4.69, 9.17) is 4.74 Å². The van der Waals surface area contributed by atoms with Gasteiger partial charge in [0.15, 0.2) is 5.50 Å². The third-order valence-electron chi connectivity index (χ3n) is 4.15. The van der Waals surface area contributed by atoms with Crippen molar-refractivity contribution in [2.75, 3.05) is 11.9 Å². The van der Waals surface area contributed by atoms with E-state index in [-0.39, 0.29) is 11.4 Å². The van der Waals surface area contributed by atoms with E-state index in [0.29, 0.717) is 17.4 Å². The van der Waals surface area contributed by atoms with E-state index in [0.717, 1.165) is 23.4 Å². The van der Waals surface area contributed by atoms with Crippen molar-refractivity contribution in [2.45, 2.75) is 32.7 Å². The molecule has 2 aromatic carbocycles. The Hall–Kier alpha value is -2.40. The number of ether oxygens (including phenoxy) is 1. The number of amides is 1. The third kappa shape index (κ3) is 5.54. The van der Waals surface area contributed by atoms with E-state index in [1.165, 1.54) is 17.3 Å². The zero-order chi connectivity index (χ0) is 19.2. The van der Waals surface area contributed by atoms with Gasteiger partial charge in [0.05, 0.1) is 11.5 Å². The molecule has 1 amide bonds. The minimum atomic E-state index is -0.162. The van der Waals surface area contributed by atoms with Crippen LogP contribution in [0.25, 0.3) is 6.08 Å². The maximum Gasteiger partial charge on any atom is 0.260 e. The summed E-state index contributed by atoms with van der Waals surface area (Å²) in [4.78, 5) is 13.0. The van der Waals surface area contributed by atoms with Crippen LogP contribution >= 0.6 is 11.8 Å². The van der Waals surface area contributed by atoms with Gasteiger partial charge < -0.3 is 15.4 Å². The molecule has 0 saturated carbocycles. The van der Waals surface area contributed by atoms with Gasteiger partial charge in [-0.05, 0) is 53.8 Å². The Bertz CT molecular complexity index is 798. The van der Waals surface area contributed by atoms with Crippen LogP contribution in [0, 0.1) is 5.92 Å². The molecule has 1 aliphatic heterocycles. The van der Waals surface area contributed by atoms with Crippen LogP contribution in [0.15, 0.2) is 53.4 Å². The molecule has 0 bridgehead atoms. The number of rotatable bonds is 7. The van der Waals surface area contributed by atoms with Gasteiger partial charge in [0.1, 0.15) is 5.75 Å². The molecule has 1 saturated heterocycles. The van der Waals surface area contributed by atoms with Gasteiger partial charge >= 0.3 is 0 Å². The van der Waals surface area contributed by atoms with E-state index in [2.05, 4.69) is 43.5 Å². The first-order chi connectivity index (χ1) is 13.0. The van der Waals surface area contributed by atoms with Crippen LogP contribution in [0.3, 0.4) is 0 Å². The fourth-order valence-corrected chi connectivity index (χ4v) is 3.61. The van der Waals surface area contributed by atoms with Crippen LogP contribution in [0.4, 0.5) is 5.69 Å². The molecule has 5 heteroatoms. The molecule has 0 aromatic heterocycles. The van der Waals surface area contributed by atoms with Crippen LogP contribution in [0.5, 0.6) is 5.75 Å². The molecule has 3 rings (SSSR count). The van der Waals surface area contributed by atoms with Crippen molar-refractivity contribution in [3.8, 4) is 5.75 Å². The summed E-state index contributed by atoms with van der Waals surface area (Å²) in [5.41, 5.74) is 3.12. The van der Waals surface area contributed by atoms with Crippen molar-refractivity contribution in [1.29, 1.82) is 0 Å². The topological polar surface area (TPSA) is 50.4 Å². The largest absolute Gasteiger partial charge is 0.493 e. The van der Waals surface area contributed by atoms with Gasteiger partial charge in [-0.2, -0.15) is 0 Å². The Morgan fingerprint density at radius 2 is 1.85 bits per heavy atom. The van der Waals surface area contributed by atoms with Gasteiger partial charge in [0.2, 0.25) is 0 Å². The van der Waals surface area contributed by atoms with Gasteiger partial charge in [-0.3, -0.25) is 4.79 Å². The number of nitrogens with one attached hydrogen (secondary N) is 2. The summed E-state index contributed by atoms with van der Waals surface area (Å²) in [7, 11) is 0. The molecule has 1 atom stereocenters. The third-order valence-corrected chi connectivity index (χ3v) is 5.18. The minimum absolute atomic E-state index is 0.0530. The van der Waals surface area contributed by atoms with Crippen LogP contribution in [-0.4, -0.2) is 18.0 Å². The van der Waals surface area contributed by atoms with Crippen LogP contribution < -0.4 is 15.4 Å². The molecule has 4 nitrogen and oxygen atoms in total. The van der Waals surface area contributed by atoms with E-state index in [1.807, 2.05) is 42.5 Å². The molecule has 142 valence electrons. The average Bonchev–Trinajstić information content (AvgIpc) is 3.00. The first kappa shape index (κ1) is 19.4. The number of thioether (sulfide) groups is 1. The molecule has 0 spiro atoms. The number of hydrogen-bond donors (Lipinski definition) is 2. The first-order valence-corrected chi connectivity index (χ1v) is 10.2. The summed E-state index contributed by atoms with van der Waals surface area (Å²) in [5.74, 6) is 1.29. The highest BCUT2D eigenvalue weighted by molar-refractivity contribution is 8.05.